The second kappa shape index (κ2) is 9.92. The number of alkyl halides is 3. The van der Waals surface area contributed by atoms with E-state index in [1.165, 1.54) is 18.3 Å². The fourth-order valence-electron chi connectivity index (χ4n) is 4.18. The van der Waals surface area contributed by atoms with Gasteiger partial charge in [0.2, 0.25) is 5.89 Å². The molecular formula is C24H29F3N6O3. The molecule has 3 aromatic heterocycles. The zero-order valence-corrected chi connectivity index (χ0v) is 20.3. The molecule has 0 bridgehead atoms. The van der Waals surface area contributed by atoms with Crippen LogP contribution in [0.4, 0.5) is 24.7 Å². The number of aliphatic hydroxyl groups is 1. The van der Waals surface area contributed by atoms with Crippen LogP contribution in [0, 0.1) is 5.92 Å². The van der Waals surface area contributed by atoms with E-state index >= 15 is 0 Å². The lowest BCUT2D eigenvalue weighted by Crippen LogP contribution is -2.22. The molecule has 0 spiro atoms. The third-order valence-corrected chi connectivity index (χ3v) is 6.13. The van der Waals surface area contributed by atoms with Crippen LogP contribution >= 0.6 is 0 Å². The Bertz CT molecular complexity index is 1210. The van der Waals surface area contributed by atoms with E-state index in [0.29, 0.717) is 22.9 Å². The zero-order valence-electron chi connectivity index (χ0n) is 20.3. The smallest absolute Gasteiger partial charge is 0.405 e. The van der Waals surface area contributed by atoms with Crippen LogP contribution in [-0.2, 0) is 5.60 Å². The molecule has 0 aliphatic heterocycles. The van der Waals surface area contributed by atoms with Gasteiger partial charge in [-0.05, 0) is 57.6 Å². The minimum Gasteiger partial charge on any atom is -0.444 e. The van der Waals surface area contributed by atoms with Gasteiger partial charge in [-0.25, -0.2) is 9.97 Å². The summed E-state index contributed by atoms with van der Waals surface area (Å²) in [6.45, 7) is 4.19. The normalized spacial score (nSPS) is 18.8. The molecule has 36 heavy (non-hydrogen) atoms. The van der Waals surface area contributed by atoms with Gasteiger partial charge in [0, 0.05) is 18.0 Å². The van der Waals surface area contributed by atoms with Crippen LogP contribution in [0.15, 0.2) is 35.2 Å². The van der Waals surface area contributed by atoms with Gasteiger partial charge in [0.1, 0.15) is 29.9 Å². The Labute approximate surface area is 206 Å². The van der Waals surface area contributed by atoms with Crippen LogP contribution < -0.4 is 10.6 Å². The van der Waals surface area contributed by atoms with Crippen LogP contribution in [0.3, 0.4) is 0 Å². The third kappa shape index (κ3) is 6.23. The van der Waals surface area contributed by atoms with E-state index in [0.717, 1.165) is 31.9 Å². The Morgan fingerprint density at radius 3 is 2.64 bits per heavy atom. The standard InChI is InChI=1S/C24H29F3N6O3/c1-14-4-6-16(7-5-14)33-11-17(20(32-33)23(2,3)35)30-21(34)18-12-36-22(31-18)15-8-9-28-19(10-15)29-13-24(25,26)27/h8-12,14,16,35H,4-7,13H2,1-3H3,(H,28,29)(H,30,34)/t14-,16-. The molecule has 1 aliphatic rings. The summed E-state index contributed by atoms with van der Waals surface area (Å²) in [6, 6.07) is 3.05. The van der Waals surface area contributed by atoms with E-state index in [-0.39, 0.29) is 23.4 Å². The summed E-state index contributed by atoms with van der Waals surface area (Å²) in [4.78, 5) is 21.0. The van der Waals surface area contributed by atoms with Crippen molar-refractivity contribution >= 4 is 17.4 Å². The minimum absolute atomic E-state index is 0.00614. The first kappa shape index (κ1) is 25.7. The number of halogens is 3. The SMILES string of the molecule is CC(C)(O)c1nn([C@H]2CC[C@H](C)CC2)cc1NC(=O)c1coc(-c2ccnc(NCC(F)(F)F)c2)n1. The quantitative estimate of drug-likeness (QED) is 0.406. The Morgan fingerprint density at radius 2 is 1.97 bits per heavy atom. The number of pyridine rings is 1. The van der Waals surface area contributed by atoms with Crippen molar-refractivity contribution in [1.82, 2.24) is 19.7 Å². The average molecular weight is 507 g/mol. The second-order valence-corrected chi connectivity index (χ2v) is 9.73. The molecule has 0 unspecified atom stereocenters. The molecule has 1 fully saturated rings. The first-order chi connectivity index (χ1) is 16.9. The van der Waals surface area contributed by atoms with Gasteiger partial charge in [0.05, 0.1) is 11.7 Å². The number of anilines is 2. The molecule has 3 N–H and O–H groups in total. The summed E-state index contributed by atoms with van der Waals surface area (Å²) in [5, 5.41) is 20.2. The number of hydrogen-bond donors (Lipinski definition) is 3. The first-order valence-electron chi connectivity index (χ1n) is 11.7. The summed E-state index contributed by atoms with van der Waals surface area (Å²) < 4.78 is 44.6. The molecule has 12 heteroatoms. The fraction of sp³-hybridized carbons (Fsp3) is 0.500. The Hall–Kier alpha value is -3.41. The van der Waals surface area contributed by atoms with E-state index in [1.54, 1.807) is 20.0 Å². The van der Waals surface area contributed by atoms with E-state index < -0.39 is 24.2 Å². The van der Waals surface area contributed by atoms with Gasteiger partial charge >= 0.3 is 6.18 Å². The van der Waals surface area contributed by atoms with Gasteiger partial charge in [0.15, 0.2) is 5.69 Å². The molecule has 4 rings (SSSR count). The number of aromatic nitrogens is 4. The number of nitrogens with one attached hydrogen (secondary N) is 2. The largest absolute Gasteiger partial charge is 0.444 e. The highest BCUT2D eigenvalue weighted by Crippen LogP contribution is 2.35. The molecule has 194 valence electrons. The second-order valence-electron chi connectivity index (χ2n) is 9.73. The predicted octanol–water partition coefficient (Wildman–Crippen LogP) is 5.14. The predicted molar refractivity (Wildman–Crippen MR) is 126 cm³/mol. The van der Waals surface area contributed by atoms with Gasteiger partial charge in [-0.1, -0.05) is 6.92 Å². The molecule has 0 atom stereocenters. The fourth-order valence-corrected chi connectivity index (χ4v) is 4.18. The lowest BCUT2D eigenvalue weighted by molar-refractivity contribution is -0.115. The van der Waals surface area contributed by atoms with Crippen molar-refractivity contribution in [3.05, 3.63) is 42.2 Å². The molecule has 3 aromatic rings. The molecule has 1 saturated carbocycles. The topological polar surface area (TPSA) is 118 Å². The molecule has 1 aliphatic carbocycles. The highest BCUT2D eigenvalue weighted by Gasteiger charge is 2.30. The summed E-state index contributed by atoms with van der Waals surface area (Å²) >= 11 is 0. The summed E-state index contributed by atoms with van der Waals surface area (Å²) in [5.41, 5.74) is -0.259. The van der Waals surface area contributed by atoms with Crippen molar-refractivity contribution in [1.29, 1.82) is 0 Å². The molecule has 0 radical (unpaired) electrons. The Morgan fingerprint density at radius 1 is 1.25 bits per heavy atom. The Balaban J connectivity index is 1.50. The average Bonchev–Trinajstić information content (AvgIpc) is 3.46. The van der Waals surface area contributed by atoms with Crippen molar-refractivity contribution in [2.24, 2.45) is 5.92 Å². The van der Waals surface area contributed by atoms with Crippen LogP contribution in [0.5, 0.6) is 0 Å². The van der Waals surface area contributed by atoms with E-state index in [4.69, 9.17) is 4.42 Å². The first-order valence-corrected chi connectivity index (χ1v) is 11.7. The number of rotatable bonds is 7. The van der Waals surface area contributed by atoms with Gasteiger partial charge in [-0.15, -0.1) is 0 Å². The summed E-state index contributed by atoms with van der Waals surface area (Å²) in [5.74, 6) is 0.139. The Kier molecular flexibility index (Phi) is 7.07. The van der Waals surface area contributed by atoms with Crippen LogP contribution in [-0.4, -0.2) is 43.5 Å². The number of carbonyl (C=O) groups excluding carboxylic acids is 1. The summed E-state index contributed by atoms with van der Waals surface area (Å²) in [7, 11) is 0. The molecule has 0 saturated heterocycles. The van der Waals surface area contributed by atoms with E-state index in [2.05, 4.69) is 32.6 Å². The van der Waals surface area contributed by atoms with Crippen LogP contribution in [0.1, 0.15) is 68.7 Å². The maximum atomic E-state index is 12.9. The summed E-state index contributed by atoms with van der Waals surface area (Å²) in [6.07, 6.45) is 3.94. The highest BCUT2D eigenvalue weighted by molar-refractivity contribution is 6.03. The van der Waals surface area contributed by atoms with Crippen molar-refractivity contribution in [3.63, 3.8) is 0 Å². The van der Waals surface area contributed by atoms with E-state index in [1.807, 2.05) is 4.68 Å². The number of amides is 1. The van der Waals surface area contributed by atoms with Gasteiger partial charge in [0.25, 0.3) is 5.91 Å². The van der Waals surface area contributed by atoms with Gasteiger partial charge < -0.3 is 20.2 Å². The number of oxazole rings is 1. The minimum atomic E-state index is -4.39. The molecule has 0 aromatic carbocycles. The molecule has 9 nitrogen and oxygen atoms in total. The zero-order chi connectivity index (χ0) is 26.1. The number of hydrogen-bond acceptors (Lipinski definition) is 7. The van der Waals surface area contributed by atoms with Gasteiger partial charge in [-0.2, -0.15) is 18.3 Å². The van der Waals surface area contributed by atoms with Crippen molar-refractivity contribution in [3.8, 4) is 11.5 Å². The number of carbonyl (C=O) groups is 1. The molecule has 1 amide bonds. The lowest BCUT2D eigenvalue weighted by Gasteiger charge is -2.26. The maximum absolute atomic E-state index is 12.9. The monoisotopic (exact) mass is 506 g/mol. The van der Waals surface area contributed by atoms with Crippen LogP contribution in [0.25, 0.3) is 11.5 Å². The van der Waals surface area contributed by atoms with Crippen molar-refractivity contribution < 1.29 is 27.5 Å². The lowest BCUT2D eigenvalue weighted by atomic mass is 9.87. The van der Waals surface area contributed by atoms with Gasteiger partial charge in [-0.3, -0.25) is 9.48 Å². The maximum Gasteiger partial charge on any atom is 0.405 e. The number of nitrogens with zero attached hydrogens (tertiary/aromatic N) is 4. The van der Waals surface area contributed by atoms with E-state index in [9.17, 15) is 23.1 Å². The highest BCUT2D eigenvalue weighted by atomic mass is 19.4. The third-order valence-electron chi connectivity index (χ3n) is 6.13. The van der Waals surface area contributed by atoms with Crippen molar-refractivity contribution in [2.75, 3.05) is 17.2 Å². The van der Waals surface area contributed by atoms with Crippen LogP contribution in [0.2, 0.25) is 0 Å². The molecular weight excluding hydrogens is 477 g/mol. The molecule has 3 heterocycles. The van der Waals surface area contributed by atoms with Crippen molar-refractivity contribution in [2.45, 2.75) is 64.3 Å².